The molecule has 0 saturated heterocycles. The molecule has 15 heavy (non-hydrogen) atoms. The third-order valence-electron chi connectivity index (χ3n) is 1.67. The van der Waals surface area contributed by atoms with E-state index >= 15 is 0 Å². The standard InChI is InChI=1S/C9H5ClF4O/c1-4-2-5(10)7(6(11)3-4)8(15)9(12,13)14/h2-3H,1H3. The second kappa shape index (κ2) is 3.81. The van der Waals surface area contributed by atoms with Crippen molar-refractivity contribution in [1.29, 1.82) is 0 Å². The van der Waals surface area contributed by atoms with E-state index in [0.29, 0.717) is 5.56 Å². The zero-order chi connectivity index (χ0) is 11.8. The molecule has 0 spiro atoms. The first-order valence-electron chi connectivity index (χ1n) is 3.80. The minimum Gasteiger partial charge on any atom is -0.284 e. The fourth-order valence-electron chi connectivity index (χ4n) is 1.06. The largest absolute Gasteiger partial charge is 0.455 e. The van der Waals surface area contributed by atoms with Crippen LogP contribution < -0.4 is 0 Å². The molecule has 0 bridgehead atoms. The highest BCUT2D eigenvalue weighted by molar-refractivity contribution is 6.34. The molecule has 82 valence electrons. The summed E-state index contributed by atoms with van der Waals surface area (Å²) in [5.41, 5.74) is -0.786. The second-order valence-corrected chi connectivity index (χ2v) is 3.34. The monoisotopic (exact) mass is 240 g/mol. The van der Waals surface area contributed by atoms with Gasteiger partial charge in [-0.3, -0.25) is 4.79 Å². The Balaban J connectivity index is 3.33. The van der Waals surface area contributed by atoms with E-state index in [1.165, 1.54) is 6.92 Å². The van der Waals surface area contributed by atoms with Gasteiger partial charge in [-0.15, -0.1) is 0 Å². The van der Waals surface area contributed by atoms with E-state index in [4.69, 9.17) is 11.6 Å². The summed E-state index contributed by atoms with van der Waals surface area (Å²) in [5.74, 6) is -3.53. The molecular weight excluding hydrogens is 236 g/mol. The molecule has 0 aromatic heterocycles. The number of ketones is 1. The van der Waals surface area contributed by atoms with Gasteiger partial charge in [-0.2, -0.15) is 13.2 Å². The van der Waals surface area contributed by atoms with Crippen LogP contribution in [-0.4, -0.2) is 12.0 Å². The number of hydrogen-bond donors (Lipinski definition) is 0. The van der Waals surface area contributed by atoms with Gasteiger partial charge in [0.15, 0.2) is 0 Å². The van der Waals surface area contributed by atoms with Crippen LogP contribution in [0.2, 0.25) is 5.02 Å². The predicted octanol–water partition coefficient (Wildman–Crippen LogP) is 3.53. The number of hydrogen-bond acceptors (Lipinski definition) is 1. The number of carbonyl (C=O) groups excluding carboxylic acids is 1. The maximum Gasteiger partial charge on any atom is 0.455 e. The van der Waals surface area contributed by atoms with E-state index < -0.39 is 28.4 Å². The average Bonchev–Trinajstić information content (AvgIpc) is 1.99. The van der Waals surface area contributed by atoms with Gasteiger partial charge in [0.2, 0.25) is 0 Å². The Morgan fingerprint density at radius 1 is 1.33 bits per heavy atom. The summed E-state index contributed by atoms with van der Waals surface area (Å²) in [5, 5.41) is -0.533. The summed E-state index contributed by atoms with van der Waals surface area (Å²) >= 11 is 5.37. The first-order chi connectivity index (χ1) is 6.73. The lowest BCUT2D eigenvalue weighted by Gasteiger charge is -2.08. The molecule has 0 aliphatic carbocycles. The topological polar surface area (TPSA) is 17.1 Å². The summed E-state index contributed by atoms with van der Waals surface area (Å²) in [4.78, 5) is 10.8. The van der Waals surface area contributed by atoms with Crippen molar-refractivity contribution in [3.05, 3.63) is 34.1 Å². The third-order valence-corrected chi connectivity index (χ3v) is 1.97. The fourth-order valence-corrected chi connectivity index (χ4v) is 1.41. The van der Waals surface area contributed by atoms with Crippen LogP contribution in [0.15, 0.2) is 12.1 Å². The van der Waals surface area contributed by atoms with E-state index in [9.17, 15) is 22.4 Å². The number of rotatable bonds is 1. The number of aryl methyl sites for hydroxylation is 1. The summed E-state index contributed by atoms with van der Waals surface area (Å²) in [6, 6.07) is 1.93. The molecule has 0 aliphatic heterocycles. The molecule has 0 radical (unpaired) electrons. The van der Waals surface area contributed by atoms with Crippen LogP contribution in [0, 0.1) is 12.7 Å². The normalized spacial score (nSPS) is 11.6. The highest BCUT2D eigenvalue weighted by atomic mass is 35.5. The van der Waals surface area contributed by atoms with Crippen LogP contribution >= 0.6 is 11.6 Å². The number of benzene rings is 1. The van der Waals surface area contributed by atoms with Gasteiger partial charge in [0.05, 0.1) is 10.6 Å². The van der Waals surface area contributed by atoms with E-state index in [1.807, 2.05) is 0 Å². The minimum absolute atomic E-state index is 0.344. The second-order valence-electron chi connectivity index (χ2n) is 2.93. The van der Waals surface area contributed by atoms with Gasteiger partial charge in [0.25, 0.3) is 5.78 Å². The van der Waals surface area contributed by atoms with Crippen molar-refractivity contribution in [1.82, 2.24) is 0 Å². The van der Waals surface area contributed by atoms with Crippen molar-refractivity contribution in [3.63, 3.8) is 0 Å². The van der Waals surface area contributed by atoms with Crippen molar-refractivity contribution in [2.24, 2.45) is 0 Å². The number of carbonyl (C=O) groups is 1. The molecule has 1 rings (SSSR count). The van der Waals surface area contributed by atoms with Gasteiger partial charge < -0.3 is 0 Å². The van der Waals surface area contributed by atoms with Crippen LogP contribution in [0.3, 0.4) is 0 Å². The molecule has 1 aromatic carbocycles. The van der Waals surface area contributed by atoms with Crippen molar-refractivity contribution in [2.75, 3.05) is 0 Å². The quantitative estimate of drug-likeness (QED) is 0.542. The molecule has 0 fully saturated rings. The van der Waals surface area contributed by atoms with Crippen LogP contribution in [-0.2, 0) is 0 Å². The van der Waals surface area contributed by atoms with Crippen LogP contribution in [0.1, 0.15) is 15.9 Å². The van der Waals surface area contributed by atoms with Crippen LogP contribution in [0.25, 0.3) is 0 Å². The minimum atomic E-state index is -5.13. The average molecular weight is 241 g/mol. The van der Waals surface area contributed by atoms with E-state index in [-0.39, 0.29) is 0 Å². The van der Waals surface area contributed by atoms with Gasteiger partial charge in [-0.05, 0) is 24.6 Å². The van der Waals surface area contributed by atoms with E-state index in [1.54, 1.807) is 0 Å². The highest BCUT2D eigenvalue weighted by Gasteiger charge is 2.41. The molecule has 0 amide bonds. The molecule has 0 unspecified atom stereocenters. The molecule has 1 aromatic rings. The molecule has 0 heterocycles. The van der Waals surface area contributed by atoms with E-state index in [2.05, 4.69) is 0 Å². The van der Waals surface area contributed by atoms with Gasteiger partial charge in [0.1, 0.15) is 5.82 Å². The molecule has 0 saturated carbocycles. The number of halogens is 5. The predicted molar refractivity (Wildman–Crippen MR) is 46.5 cm³/mol. The summed E-state index contributed by atoms with van der Waals surface area (Å²) in [6.07, 6.45) is -5.13. The van der Waals surface area contributed by atoms with Crippen molar-refractivity contribution >= 4 is 17.4 Å². The maximum absolute atomic E-state index is 13.1. The Hall–Kier alpha value is -1.10. The van der Waals surface area contributed by atoms with E-state index in [0.717, 1.165) is 12.1 Å². The van der Waals surface area contributed by atoms with Crippen LogP contribution in [0.4, 0.5) is 17.6 Å². The molecule has 1 nitrogen and oxygen atoms in total. The van der Waals surface area contributed by atoms with Crippen molar-refractivity contribution in [3.8, 4) is 0 Å². The lowest BCUT2D eigenvalue weighted by atomic mass is 10.1. The SMILES string of the molecule is Cc1cc(F)c(C(=O)C(F)(F)F)c(Cl)c1. The van der Waals surface area contributed by atoms with Gasteiger partial charge in [0, 0.05) is 0 Å². The lowest BCUT2D eigenvalue weighted by Crippen LogP contribution is -2.24. The summed E-state index contributed by atoms with van der Waals surface area (Å²) in [7, 11) is 0. The molecule has 6 heteroatoms. The fraction of sp³-hybridized carbons (Fsp3) is 0.222. The molecular formula is C9H5ClF4O. The molecule has 0 aliphatic rings. The zero-order valence-corrected chi connectivity index (χ0v) is 8.21. The molecule has 0 atom stereocenters. The third kappa shape index (κ3) is 2.47. The Kier molecular flexibility index (Phi) is 3.04. The summed E-state index contributed by atoms with van der Waals surface area (Å²) in [6.45, 7) is 1.46. The van der Waals surface area contributed by atoms with Gasteiger partial charge in [-0.25, -0.2) is 4.39 Å². The smallest absolute Gasteiger partial charge is 0.284 e. The number of alkyl halides is 3. The Labute approximate surface area is 87.7 Å². The first kappa shape index (κ1) is 12.0. The van der Waals surface area contributed by atoms with Crippen molar-refractivity contribution in [2.45, 2.75) is 13.1 Å². The Morgan fingerprint density at radius 3 is 2.27 bits per heavy atom. The first-order valence-corrected chi connectivity index (χ1v) is 4.18. The molecule has 0 N–H and O–H groups in total. The highest BCUT2D eigenvalue weighted by Crippen LogP contribution is 2.28. The Morgan fingerprint density at radius 2 is 1.87 bits per heavy atom. The van der Waals surface area contributed by atoms with Crippen molar-refractivity contribution < 1.29 is 22.4 Å². The Bertz CT molecular complexity index is 388. The zero-order valence-electron chi connectivity index (χ0n) is 7.45. The maximum atomic E-state index is 13.1. The number of Topliss-reactive ketones (excluding diaryl/α,β-unsaturated/α-hetero) is 1. The summed E-state index contributed by atoms with van der Waals surface area (Å²) < 4.78 is 49.1. The van der Waals surface area contributed by atoms with Gasteiger partial charge >= 0.3 is 6.18 Å². The lowest BCUT2D eigenvalue weighted by molar-refractivity contribution is -0.0887. The van der Waals surface area contributed by atoms with Crippen LogP contribution in [0.5, 0.6) is 0 Å². The van der Waals surface area contributed by atoms with Gasteiger partial charge in [-0.1, -0.05) is 11.6 Å².